The zero-order chi connectivity index (χ0) is 14.9. The largest absolute Gasteiger partial charge is 2.00 e. The molecule has 125 valence electrons. The first-order valence-corrected chi connectivity index (χ1v) is 8.97. The molecular weight excluding hydrogens is 303 g/mol. The third kappa shape index (κ3) is 22.4. The molecular formula is C18H35MnO2+. The molecule has 21 heavy (non-hydrogen) atoms. The van der Waals surface area contributed by atoms with Crippen LogP contribution in [-0.2, 0) is 21.9 Å². The van der Waals surface area contributed by atoms with Gasteiger partial charge in [0, 0.05) is 5.97 Å². The van der Waals surface area contributed by atoms with Crippen molar-refractivity contribution in [1.29, 1.82) is 0 Å². The second-order valence-corrected chi connectivity index (χ2v) is 6.07. The summed E-state index contributed by atoms with van der Waals surface area (Å²) in [7, 11) is 0. The molecule has 0 aromatic carbocycles. The minimum atomic E-state index is -0.903. The van der Waals surface area contributed by atoms with Gasteiger partial charge >= 0.3 is 17.1 Å². The Balaban J connectivity index is 0. The van der Waals surface area contributed by atoms with Crippen molar-refractivity contribution >= 4 is 5.97 Å². The Morgan fingerprint density at radius 1 is 0.619 bits per heavy atom. The normalized spacial score (nSPS) is 10.3. The maximum Gasteiger partial charge on any atom is 2.00 e. The van der Waals surface area contributed by atoms with Gasteiger partial charge in [0.15, 0.2) is 0 Å². The molecule has 0 N–H and O–H groups in total. The average molecular weight is 338 g/mol. The van der Waals surface area contributed by atoms with E-state index in [1.807, 2.05) is 0 Å². The van der Waals surface area contributed by atoms with E-state index in [1.165, 1.54) is 83.5 Å². The van der Waals surface area contributed by atoms with Crippen molar-refractivity contribution < 1.29 is 27.0 Å². The van der Waals surface area contributed by atoms with E-state index < -0.39 is 5.97 Å². The molecule has 3 heteroatoms. The third-order valence-corrected chi connectivity index (χ3v) is 3.98. The molecule has 1 radical (unpaired) electrons. The SMILES string of the molecule is CCCCCCCCCCCCCCCCCC(=O)[O-].[Mn+2]. The molecule has 0 amide bonds. The second-order valence-electron chi connectivity index (χ2n) is 6.07. The molecule has 0 aliphatic rings. The maximum atomic E-state index is 10.2. The van der Waals surface area contributed by atoms with Crippen LogP contribution >= 0.6 is 0 Å². The monoisotopic (exact) mass is 338 g/mol. The number of unbranched alkanes of at least 4 members (excludes halogenated alkanes) is 14. The molecule has 0 saturated heterocycles. The van der Waals surface area contributed by atoms with Crippen LogP contribution in [-0.4, -0.2) is 5.97 Å². The molecule has 0 heterocycles. The van der Waals surface area contributed by atoms with E-state index in [2.05, 4.69) is 6.92 Å². The Hall–Kier alpha value is -0.0105. The second kappa shape index (κ2) is 20.0. The van der Waals surface area contributed by atoms with Gasteiger partial charge in [-0.3, -0.25) is 0 Å². The maximum absolute atomic E-state index is 10.2. The summed E-state index contributed by atoms with van der Waals surface area (Å²) in [6.07, 6.45) is 19.9. The van der Waals surface area contributed by atoms with Gasteiger partial charge in [-0.1, -0.05) is 96.8 Å². The summed E-state index contributed by atoms with van der Waals surface area (Å²) in [6, 6.07) is 0. The van der Waals surface area contributed by atoms with E-state index in [4.69, 9.17) is 0 Å². The summed E-state index contributed by atoms with van der Waals surface area (Å²) in [6.45, 7) is 2.27. The number of carboxylic acids is 1. The number of aliphatic carboxylic acids is 1. The fraction of sp³-hybridized carbons (Fsp3) is 0.944. The van der Waals surface area contributed by atoms with Crippen LogP contribution in [0.15, 0.2) is 0 Å². The van der Waals surface area contributed by atoms with E-state index in [9.17, 15) is 9.90 Å². The number of hydrogen-bond donors (Lipinski definition) is 0. The van der Waals surface area contributed by atoms with E-state index in [0.717, 1.165) is 12.8 Å². The summed E-state index contributed by atoms with van der Waals surface area (Å²) < 4.78 is 0. The van der Waals surface area contributed by atoms with Crippen LogP contribution in [0.2, 0.25) is 0 Å². The van der Waals surface area contributed by atoms with Gasteiger partial charge in [0.2, 0.25) is 0 Å². The first-order chi connectivity index (χ1) is 9.77. The van der Waals surface area contributed by atoms with Crippen molar-refractivity contribution in [3.8, 4) is 0 Å². The molecule has 0 aromatic heterocycles. The van der Waals surface area contributed by atoms with Gasteiger partial charge in [-0.2, -0.15) is 0 Å². The quantitative estimate of drug-likeness (QED) is 0.294. The van der Waals surface area contributed by atoms with Crippen molar-refractivity contribution in [2.24, 2.45) is 0 Å². The van der Waals surface area contributed by atoms with Gasteiger partial charge < -0.3 is 9.90 Å². The average Bonchev–Trinajstić information content (AvgIpc) is 2.43. The Morgan fingerprint density at radius 3 is 1.19 bits per heavy atom. The molecule has 2 nitrogen and oxygen atoms in total. The predicted molar refractivity (Wildman–Crippen MR) is 84.6 cm³/mol. The van der Waals surface area contributed by atoms with Crippen molar-refractivity contribution in [3.05, 3.63) is 0 Å². The summed E-state index contributed by atoms with van der Waals surface area (Å²) in [5.41, 5.74) is 0. The molecule has 0 spiro atoms. The molecule has 0 fully saturated rings. The molecule has 0 unspecified atom stereocenters. The fourth-order valence-electron chi connectivity index (χ4n) is 2.64. The van der Waals surface area contributed by atoms with Crippen LogP contribution in [0.5, 0.6) is 0 Å². The van der Waals surface area contributed by atoms with Gasteiger partial charge in [0.05, 0.1) is 0 Å². The number of hydrogen-bond acceptors (Lipinski definition) is 2. The molecule has 0 atom stereocenters. The van der Waals surface area contributed by atoms with Crippen LogP contribution in [0.4, 0.5) is 0 Å². The predicted octanol–water partition coefficient (Wildman–Crippen LogP) is 5.00. The number of carbonyl (C=O) groups excluding carboxylic acids is 1. The smallest absolute Gasteiger partial charge is 0.550 e. The molecule has 0 rings (SSSR count). The minimum Gasteiger partial charge on any atom is -0.550 e. The van der Waals surface area contributed by atoms with Crippen molar-refractivity contribution in [2.75, 3.05) is 0 Å². The first kappa shape index (κ1) is 23.3. The van der Waals surface area contributed by atoms with Crippen LogP contribution < -0.4 is 5.11 Å². The molecule has 0 saturated carbocycles. The van der Waals surface area contributed by atoms with E-state index >= 15 is 0 Å². The van der Waals surface area contributed by atoms with E-state index in [1.54, 1.807) is 0 Å². The van der Waals surface area contributed by atoms with Crippen molar-refractivity contribution in [2.45, 2.75) is 110 Å². The third-order valence-electron chi connectivity index (χ3n) is 3.98. The summed E-state index contributed by atoms with van der Waals surface area (Å²) in [4.78, 5) is 10.2. The van der Waals surface area contributed by atoms with Gasteiger partial charge in [-0.15, -0.1) is 0 Å². The zero-order valence-electron chi connectivity index (χ0n) is 14.0. The summed E-state index contributed by atoms with van der Waals surface area (Å²) in [5.74, 6) is -0.903. The van der Waals surface area contributed by atoms with Gasteiger partial charge in [0.25, 0.3) is 0 Å². The molecule has 0 aliphatic carbocycles. The topological polar surface area (TPSA) is 40.1 Å². The van der Waals surface area contributed by atoms with Crippen LogP contribution in [0, 0.1) is 0 Å². The Labute approximate surface area is 142 Å². The number of rotatable bonds is 16. The van der Waals surface area contributed by atoms with Gasteiger partial charge in [-0.25, -0.2) is 0 Å². The van der Waals surface area contributed by atoms with Crippen molar-refractivity contribution in [3.63, 3.8) is 0 Å². The van der Waals surface area contributed by atoms with Crippen LogP contribution in [0.1, 0.15) is 110 Å². The Bertz CT molecular complexity index is 207. The van der Waals surface area contributed by atoms with Gasteiger partial charge in [0.1, 0.15) is 0 Å². The number of carboxylic acid groups (broad SMARTS) is 1. The van der Waals surface area contributed by atoms with Gasteiger partial charge in [-0.05, 0) is 12.8 Å². The summed E-state index contributed by atoms with van der Waals surface area (Å²) >= 11 is 0. The standard InChI is InChI=1S/C18H36O2.Mn/c1-2-3-4-5-6-7-8-9-10-11-12-13-14-15-16-17-18(19)20;/h2-17H2,1H3,(H,19,20);/q;+2/p-1. The summed E-state index contributed by atoms with van der Waals surface area (Å²) in [5, 5.41) is 10.2. The zero-order valence-corrected chi connectivity index (χ0v) is 15.2. The molecule has 0 bridgehead atoms. The molecule has 0 aromatic rings. The van der Waals surface area contributed by atoms with Crippen LogP contribution in [0.25, 0.3) is 0 Å². The number of carbonyl (C=O) groups is 1. The van der Waals surface area contributed by atoms with Crippen molar-refractivity contribution in [1.82, 2.24) is 0 Å². The first-order valence-electron chi connectivity index (χ1n) is 8.97. The van der Waals surface area contributed by atoms with E-state index in [0.29, 0.717) is 0 Å². The molecule has 0 aliphatic heterocycles. The Kier molecular flexibility index (Phi) is 22.1. The Morgan fingerprint density at radius 2 is 0.905 bits per heavy atom. The van der Waals surface area contributed by atoms with E-state index in [-0.39, 0.29) is 23.5 Å². The fourth-order valence-corrected chi connectivity index (χ4v) is 2.64. The minimum absolute atomic E-state index is 0. The van der Waals surface area contributed by atoms with Crippen LogP contribution in [0.3, 0.4) is 0 Å².